The molecule has 1 saturated heterocycles. The van der Waals surface area contributed by atoms with Crippen LogP contribution in [0.2, 0.25) is 0 Å². The molecule has 2 aromatic rings. The Hall–Kier alpha value is -1.99. The van der Waals surface area contributed by atoms with E-state index in [-0.39, 0.29) is 24.4 Å². The molecule has 0 aromatic carbocycles. The van der Waals surface area contributed by atoms with E-state index in [2.05, 4.69) is 15.1 Å². The van der Waals surface area contributed by atoms with Gasteiger partial charge in [0.05, 0.1) is 12.1 Å². The predicted octanol–water partition coefficient (Wildman–Crippen LogP) is 2.06. The molecule has 2 N–H and O–H groups in total. The SMILES string of the molecule is Cc1cc(C)nc(-n2nc(C)c(CC(=O)N3CC4CCC(N)C4C3)c2C)n1.Cl. The standard InChI is InChI=1S/C20H28N6O.ClH/c1-11-7-12(2)23-20(22-11)26-14(4)16(13(3)24-26)8-19(27)25-9-15-5-6-18(21)17(15)10-25;/h7,15,17-18H,5-6,8-10,21H2,1-4H3;1H. The molecule has 4 rings (SSSR count). The second kappa shape index (κ2) is 7.79. The first-order valence-corrected chi connectivity index (χ1v) is 9.74. The molecule has 8 heteroatoms. The first-order chi connectivity index (χ1) is 12.8. The number of nitrogens with zero attached hydrogens (tertiary/aromatic N) is 5. The van der Waals surface area contributed by atoms with Crippen LogP contribution < -0.4 is 5.73 Å². The summed E-state index contributed by atoms with van der Waals surface area (Å²) in [5.74, 6) is 1.79. The zero-order valence-corrected chi connectivity index (χ0v) is 17.8. The van der Waals surface area contributed by atoms with Crippen molar-refractivity contribution in [3.05, 3.63) is 34.4 Å². The Morgan fingerprint density at radius 1 is 1.14 bits per heavy atom. The lowest BCUT2D eigenvalue weighted by atomic mass is 9.98. The zero-order valence-electron chi connectivity index (χ0n) is 17.0. The van der Waals surface area contributed by atoms with Crippen molar-refractivity contribution in [2.75, 3.05) is 13.1 Å². The van der Waals surface area contributed by atoms with E-state index >= 15 is 0 Å². The Labute approximate surface area is 172 Å². The second-order valence-corrected chi connectivity index (χ2v) is 8.15. The summed E-state index contributed by atoms with van der Waals surface area (Å²) in [6, 6.07) is 2.19. The predicted molar refractivity (Wildman–Crippen MR) is 110 cm³/mol. The topological polar surface area (TPSA) is 89.9 Å². The van der Waals surface area contributed by atoms with Gasteiger partial charge >= 0.3 is 0 Å². The minimum atomic E-state index is 0. The summed E-state index contributed by atoms with van der Waals surface area (Å²) in [5.41, 5.74) is 10.8. The molecule has 0 bridgehead atoms. The number of carbonyl (C=O) groups is 1. The van der Waals surface area contributed by atoms with Crippen LogP contribution in [0.3, 0.4) is 0 Å². The van der Waals surface area contributed by atoms with E-state index in [0.717, 1.165) is 54.3 Å². The lowest BCUT2D eigenvalue weighted by Crippen LogP contribution is -2.34. The number of hydrogen-bond donors (Lipinski definition) is 1. The maximum Gasteiger partial charge on any atom is 0.251 e. The molecule has 152 valence electrons. The Bertz CT molecular complexity index is 875. The van der Waals surface area contributed by atoms with Gasteiger partial charge in [0.1, 0.15) is 0 Å². The number of aromatic nitrogens is 4. The van der Waals surface area contributed by atoms with E-state index < -0.39 is 0 Å². The van der Waals surface area contributed by atoms with Gasteiger partial charge in [-0.1, -0.05) is 0 Å². The van der Waals surface area contributed by atoms with Crippen molar-refractivity contribution in [1.29, 1.82) is 0 Å². The minimum Gasteiger partial charge on any atom is -0.342 e. The Kier molecular flexibility index (Phi) is 5.77. The number of aryl methyl sites for hydroxylation is 3. The molecule has 0 spiro atoms. The number of hydrogen-bond acceptors (Lipinski definition) is 5. The quantitative estimate of drug-likeness (QED) is 0.845. The van der Waals surface area contributed by atoms with Gasteiger partial charge in [0.15, 0.2) is 0 Å². The van der Waals surface area contributed by atoms with Crippen LogP contribution in [-0.2, 0) is 11.2 Å². The molecule has 0 radical (unpaired) electrons. The third-order valence-corrected chi connectivity index (χ3v) is 6.19. The van der Waals surface area contributed by atoms with E-state index in [1.54, 1.807) is 4.68 Å². The van der Waals surface area contributed by atoms with Gasteiger partial charge in [-0.05, 0) is 58.4 Å². The van der Waals surface area contributed by atoms with Crippen molar-refractivity contribution in [1.82, 2.24) is 24.6 Å². The molecule has 1 amide bonds. The highest BCUT2D eigenvalue weighted by Crippen LogP contribution is 2.37. The average molecular weight is 405 g/mol. The van der Waals surface area contributed by atoms with E-state index in [1.165, 1.54) is 0 Å². The molecule has 2 aliphatic rings. The molecule has 1 saturated carbocycles. The maximum atomic E-state index is 12.9. The normalized spacial score (nSPS) is 23.6. The molecular formula is C20H29ClN6O. The highest BCUT2D eigenvalue weighted by Gasteiger charge is 2.42. The maximum absolute atomic E-state index is 12.9. The fourth-order valence-corrected chi connectivity index (χ4v) is 4.70. The first kappa shape index (κ1) is 20.7. The van der Waals surface area contributed by atoms with Crippen LogP contribution in [0, 0.1) is 39.5 Å². The Morgan fingerprint density at radius 3 is 2.46 bits per heavy atom. The Balaban J connectivity index is 0.00000225. The van der Waals surface area contributed by atoms with Crippen molar-refractivity contribution in [2.45, 2.75) is 53.0 Å². The lowest BCUT2D eigenvalue weighted by Gasteiger charge is -2.19. The number of carbonyl (C=O) groups excluding carboxylic acids is 1. The molecule has 1 aliphatic heterocycles. The number of rotatable bonds is 3. The number of halogens is 1. The molecular weight excluding hydrogens is 376 g/mol. The van der Waals surface area contributed by atoms with Crippen LogP contribution in [0.5, 0.6) is 0 Å². The summed E-state index contributed by atoms with van der Waals surface area (Å²) < 4.78 is 1.76. The van der Waals surface area contributed by atoms with Gasteiger partial charge in [-0.25, -0.2) is 14.6 Å². The average Bonchev–Trinajstić information content (AvgIpc) is 3.25. The third kappa shape index (κ3) is 3.65. The molecule has 7 nitrogen and oxygen atoms in total. The van der Waals surface area contributed by atoms with Gasteiger partial charge in [-0.3, -0.25) is 4.79 Å². The van der Waals surface area contributed by atoms with Crippen molar-refractivity contribution in [3.63, 3.8) is 0 Å². The van der Waals surface area contributed by atoms with Gasteiger partial charge in [0.25, 0.3) is 5.95 Å². The molecule has 3 heterocycles. The van der Waals surface area contributed by atoms with Crippen LogP contribution >= 0.6 is 12.4 Å². The fraction of sp³-hybridized carbons (Fsp3) is 0.600. The summed E-state index contributed by atoms with van der Waals surface area (Å²) >= 11 is 0. The number of nitrogens with two attached hydrogens (primary N) is 1. The highest BCUT2D eigenvalue weighted by atomic mass is 35.5. The van der Waals surface area contributed by atoms with Gasteiger partial charge in [0.2, 0.25) is 5.91 Å². The van der Waals surface area contributed by atoms with Gasteiger partial charge in [0, 0.05) is 41.8 Å². The van der Waals surface area contributed by atoms with Gasteiger partial charge < -0.3 is 10.6 Å². The summed E-state index contributed by atoms with van der Waals surface area (Å²) in [6.45, 7) is 9.48. The van der Waals surface area contributed by atoms with Crippen LogP contribution in [0.4, 0.5) is 0 Å². The molecule has 3 unspecified atom stereocenters. The minimum absolute atomic E-state index is 0. The molecule has 28 heavy (non-hydrogen) atoms. The van der Waals surface area contributed by atoms with E-state index in [9.17, 15) is 4.79 Å². The second-order valence-electron chi connectivity index (χ2n) is 8.15. The van der Waals surface area contributed by atoms with Crippen molar-refractivity contribution < 1.29 is 4.79 Å². The largest absolute Gasteiger partial charge is 0.342 e. The van der Waals surface area contributed by atoms with Crippen molar-refractivity contribution in [3.8, 4) is 5.95 Å². The number of amides is 1. The first-order valence-electron chi connectivity index (χ1n) is 9.74. The van der Waals surface area contributed by atoms with Crippen LogP contribution in [0.1, 0.15) is 41.2 Å². The van der Waals surface area contributed by atoms with Gasteiger partial charge in [-0.2, -0.15) is 5.10 Å². The summed E-state index contributed by atoms with van der Waals surface area (Å²) in [5, 5.41) is 4.61. The third-order valence-electron chi connectivity index (χ3n) is 6.19. The number of likely N-dealkylation sites (tertiary alicyclic amines) is 1. The van der Waals surface area contributed by atoms with Crippen molar-refractivity contribution in [2.24, 2.45) is 17.6 Å². The summed E-state index contributed by atoms with van der Waals surface area (Å²) in [7, 11) is 0. The number of fused-ring (bicyclic) bond motifs is 1. The molecule has 1 aliphatic carbocycles. The van der Waals surface area contributed by atoms with E-state index in [4.69, 9.17) is 5.73 Å². The monoisotopic (exact) mass is 404 g/mol. The van der Waals surface area contributed by atoms with E-state index in [0.29, 0.717) is 24.2 Å². The van der Waals surface area contributed by atoms with Crippen molar-refractivity contribution >= 4 is 18.3 Å². The van der Waals surface area contributed by atoms with E-state index in [1.807, 2.05) is 38.7 Å². The van der Waals surface area contributed by atoms with Crippen LogP contribution in [-0.4, -0.2) is 49.7 Å². The molecule has 3 atom stereocenters. The highest BCUT2D eigenvalue weighted by molar-refractivity contribution is 5.85. The fourth-order valence-electron chi connectivity index (χ4n) is 4.70. The summed E-state index contributed by atoms with van der Waals surface area (Å²) in [4.78, 5) is 23.9. The summed E-state index contributed by atoms with van der Waals surface area (Å²) in [6.07, 6.45) is 2.62. The smallest absolute Gasteiger partial charge is 0.251 e. The van der Waals surface area contributed by atoms with Crippen LogP contribution in [0.25, 0.3) is 5.95 Å². The molecule has 2 aromatic heterocycles. The van der Waals surface area contributed by atoms with Crippen LogP contribution in [0.15, 0.2) is 6.07 Å². The zero-order chi connectivity index (χ0) is 19.3. The Morgan fingerprint density at radius 2 is 1.82 bits per heavy atom. The van der Waals surface area contributed by atoms with Gasteiger partial charge in [-0.15, -0.1) is 12.4 Å². The lowest BCUT2D eigenvalue weighted by molar-refractivity contribution is -0.129. The molecule has 2 fully saturated rings.